The van der Waals surface area contributed by atoms with Crippen molar-refractivity contribution in [3.63, 3.8) is 0 Å². The van der Waals surface area contributed by atoms with Crippen LogP contribution in [0.1, 0.15) is 29.9 Å². The third-order valence-electron chi connectivity index (χ3n) is 4.83. The van der Waals surface area contributed by atoms with Crippen LogP contribution in [0.15, 0.2) is 48.5 Å². The van der Waals surface area contributed by atoms with Gasteiger partial charge in [0.25, 0.3) is 10.1 Å². The summed E-state index contributed by atoms with van der Waals surface area (Å²) in [6, 6.07) is 14.3. The number of carbonyl (C=O) groups excluding carboxylic acids is 1. The minimum atomic E-state index is -4.19. The van der Waals surface area contributed by atoms with E-state index in [1.165, 1.54) is 0 Å². The quantitative estimate of drug-likeness (QED) is 0.561. The number of nitrogens with one attached hydrogen (secondary N) is 1. The number of hydrogen-bond acceptors (Lipinski definition) is 5. The maximum absolute atomic E-state index is 12.1. The standard InChI is InChI=1S/C20H21NO7S/c22-19(23)18(10-5-11-29(25,26)27)21-20(24)28-12-17-15-8-3-1-6-13(15)14-7-2-4-9-16(14)17/h1-4,6-9,17-18H,5,10-12H2,(H,21,24)(H,22,23)(H,25,26,27). The molecule has 1 aliphatic carbocycles. The van der Waals surface area contributed by atoms with Crippen molar-refractivity contribution in [2.45, 2.75) is 24.8 Å². The number of benzene rings is 2. The maximum atomic E-state index is 12.1. The zero-order valence-electron chi connectivity index (χ0n) is 15.4. The molecule has 0 saturated heterocycles. The first-order valence-corrected chi connectivity index (χ1v) is 10.7. The highest BCUT2D eigenvalue weighted by Gasteiger charge is 2.29. The molecule has 2 aromatic rings. The van der Waals surface area contributed by atoms with Crippen LogP contribution in [0.25, 0.3) is 11.1 Å². The molecule has 0 saturated carbocycles. The van der Waals surface area contributed by atoms with Gasteiger partial charge in [0.2, 0.25) is 0 Å². The smallest absolute Gasteiger partial charge is 0.407 e. The summed E-state index contributed by atoms with van der Waals surface area (Å²) in [5.74, 6) is -2.05. The fourth-order valence-corrected chi connectivity index (χ4v) is 4.04. The van der Waals surface area contributed by atoms with Gasteiger partial charge in [0.1, 0.15) is 12.6 Å². The van der Waals surface area contributed by atoms with Crippen LogP contribution in [0.3, 0.4) is 0 Å². The summed E-state index contributed by atoms with van der Waals surface area (Å²) in [7, 11) is -4.19. The second-order valence-corrected chi connectivity index (χ2v) is 8.36. The number of amides is 1. The van der Waals surface area contributed by atoms with E-state index in [4.69, 9.17) is 9.29 Å². The van der Waals surface area contributed by atoms with Crippen LogP contribution in [0.4, 0.5) is 4.79 Å². The van der Waals surface area contributed by atoms with E-state index in [0.29, 0.717) is 0 Å². The fraction of sp³-hybridized carbons (Fsp3) is 0.300. The molecule has 1 amide bonds. The van der Waals surface area contributed by atoms with Gasteiger partial charge in [-0.2, -0.15) is 8.42 Å². The van der Waals surface area contributed by atoms with Crippen molar-refractivity contribution in [3.05, 3.63) is 59.7 Å². The van der Waals surface area contributed by atoms with E-state index in [2.05, 4.69) is 5.32 Å². The van der Waals surface area contributed by atoms with Crippen LogP contribution in [0.2, 0.25) is 0 Å². The van der Waals surface area contributed by atoms with Crippen molar-refractivity contribution < 1.29 is 32.4 Å². The molecule has 154 valence electrons. The first-order chi connectivity index (χ1) is 13.8. The number of hydrogen-bond donors (Lipinski definition) is 3. The van der Waals surface area contributed by atoms with Gasteiger partial charge < -0.3 is 15.2 Å². The lowest BCUT2D eigenvalue weighted by molar-refractivity contribution is -0.139. The average molecular weight is 419 g/mol. The van der Waals surface area contributed by atoms with Crippen LogP contribution < -0.4 is 5.32 Å². The molecule has 3 N–H and O–H groups in total. The molecule has 1 aliphatic rings. The molecule has 2 aromatic carbocycles. The number of fused-ring (bicyclic) bond motifs is 3. The number of carboxylic acid groups (broad SMARTS) is 1. The summed E-state index contributed by atoms with van der Waals surface area (Å²) in [4.78, 5) is 23.4. The number of carboxylic acids is 1. The van der Waals surface area contributed by atoms with E-state index in [-0.39, 0.29) is 25.4 Å². The van der Waals surface area contributed by atoms with E-state index in [1.54, 1.807) is 0 Å². The monoisotopic (exact) mass is 419 g/mol. The maximum Gasteiger partial charge on any atom is 0.407 e. The number of aliphatic carboxylic acids is 1. The molecule has 0 radical (unpaired) electrons. The summed E-state index contributed by atoms with van der Waals surface area (Å²) >= 11 is 0. The van der Waals surface area contributed by atoms with E-state index < -0.39 is 34.0 Å². The fourth-order valence-electron chi connectivity index (χ4n) is 3.51. The molecule has 0 aromatic heterocycles. The van der Waals surface area contributed by atoms with Crippen LogP contribution in [0, 0.1) is 0 Å². The van der Waals surface area contributed by atoms with Crippen LogP contribution >= 0.6 is 0 Å². The summed E-state index contributed by atoms with van der Waals surface area (Å²) < 4.78 is 35.5. The Hall–Kier alpha value is -2.91. The third-order valence-corrected chi connectivity index (χ3v) is 5.63. The van der Waals surface area contributed by atoms with E-state index >= 15 is 0 Å². The number of carbonyl (C=O) groups is 2. The van der Waals surface area contributed by atoms with Gasteiger partial charge in [-0.05, 0) is 35.1 Å². The van der Waals surface area contributed by atoms with E-state index in [0.717, 1.165) is 22.3 Å². The number of alkyl carbamates (subject to hydrolysis) is 1. The highest BCUT2D eigenvalue weighted by atomic mass is 32.2. The van der Waals surface area contributed by atoms with Gasteiger partial charge in [0, 0.05) is 5.92 Å². The molecule has 0 aliphatic heterocycles. The summed E-state index contributed by atoms with van der Waals surface area (Å²) in [6.07, 6.45) is -1.16. The topological polar surface area (TPSA) is 130 Å². The SMILES string of the molecule is O=C(NC(CCCS(=O)(=O)O)C(=O)O)OCC1c2ccccc2-c2ccccc21. The Morgan fingerprint density at radius 3 is 2.10 bits per heavy atom. The Balaban J connectivity index is 1.62. The molecular weight excluding hydrogens is 398 g/mol. The van der Waals surface area contributed by atoms with E-state index in [1.807, 2.05) is 48.5 Å². The van der Waals surface area contributed by atoms with Gasteiger partial charge in [-0.1, -0.05) is 48.5 Å². The van der Waals surface area contributed by atoms with Crippen LogP contribution in [-0.2, 0) is 19.6 Å². The van der Waals surface area contributed by atoms with Crippen molar-refractivity contribution in [2.24, 2.45) is 0 Å². The van der Waals surface area contributed by atoms with Gasteiger partial charge in [-0.25, -0.2) is 9.59 Å². The Bertz CT molecular complexity index is 973. The van der Waals surface area contributed by atoms with Crippen molar-refractivity contribution in [3.8, 4) is 11.1 Å². The first-order valence-electron chi connectivity index (χ1n) is 9.06. The lowest BCUT2D eigenvalue weighted by Crippen LogP contribution is -2.41. The van der Waals surface area contributed by atoms with Crippen LogP contribution in [-0.4, -0.2) is 48.5 Å². The lowest BCUT2D eigenvalue weighted by Gasteiger charge is -2.17. The minimum absolute atomic E-state index is 0.0389. The molecule has 1 unspecified atom stereocenters. The van der Waals surface area contributed by atoms with Gasteiger partial charge >= 0.3 is 12.1 Å². The summed E-state index contributed by atoms with van der Waals surface area (Å²) in [6.45, 7) is 0.0389. The normalized spacial score (nSPS) is 14.0. The Labute approximate surface area is 168 Å². The number of rotatable bonds is 8. The molecule has 29 heavy (non-hydrogen) atoms. The van der Waals surface area contributed by atoms with Gasteiger partial charge in [-0.3, -0.25) is 4.55 Å². The summed E-state index contributed by atoms with van der Waals surface area (Å²) in [5.41, 5.74) is 4.21. The molecule has 0 spiro atoms. The molecule has 0 heterocycles. The highest BCUT2D eigenvalue weighted by Crippen LogP contribution is 2.44. The van der Waals surface area contributed by atoms with Crippen LogP contribution in [0.5, 0.6) is 0 Å². The molecule has 8 nitrogen and oxygen atoms in total. The Morgan fingerprint density at radius 2 is 1.59 bits per heavy atom. The molecule has 0 bridgehead atoms. The van der Waals surface area contributed by atoms with Gasteiger partial charge in [0.15, 0.2) is 0 Å². The summed E-state index contributed by atoms with van der Waals surface area (Å²) in [5, 5.41) is 11.4. The molecule has 1 atom stereocenters. The van der Waals surface area contributed by atoms with E-state index in [9.17, 15) is 23.1 Å². The highest BCUT2D eigenvalue weighted by molar-refractivity contribution is 7.85. The first kappa shape index (κ1) is 20.8. The molecule has 3 rings (SSSR count). The zero-order valence-corrected chi connectivity index (χ0v) is 16.3. The largest absolute Gasteiger partial charge is 0.480 e. The Morgan fingerprint density at radius 1 is 1.03 bits per heavy atom. The predicted molar refractivity (Wildman–Crippen MR) is 105 cm³/mol. The third kappa shape index (κ3) is 5.12. The van der Waals surface area contributed by atoms with Crippen molar-refractivity contribution in [1.82, 2.24) is 5.32 Å². The number of ether oxygens (including phenoxy) is 1. The van der Waals surface area contributed by atoms with Crippen molar-refractivity contribution >= 4 is 22.2 Å². The Kier molecular flexibility index (Phi) is 6.19. The van der Waals surface area contributed by atoms with Crippen molar-refractivity contribution in [2.75, 3.05) is 12.4 Å². The molecule has 0 fully saturated rings. The average Bonchev–Trinajstić information content (AvgIpc) is 2.98. The lowest BCUT2D eigenvalue weighted by atomic mass is 9.98. The second kappa shape index (κ2) is 8.62. The molecular formula is C20H21NO7S. The zero-order chi connectivity index (χ0) is 21.0. The molecule has 9 heteroatoms. The second-order valence-electron chi connectivity index (χ2n) is 6.79. The van der Waals surface area contributed by atoms with Gasteiger partial charge in [-0.15, -0.1) is 0 Å². The van der Waals surface area contributed by atoms with Gasteiger partial charge in [0.05, 0.1) is 5.75 Å². The minimum Gasteiger partial charge on any atom is -0.480 e. The van der Waals surface area contributed by atoms with Crippen molar-refractivity contribution in [1.29, 1.82) is 0 Å². The predicted octanol–water partition coefficient (Wildman–Crippen LogP) is 2.65.